The number of rotatable bonds is 4. The van der Waals surface area contributed by atoms with E-state index in [1.807, 2.05) is 54.6 Å². The first kappa shape index (κ1) is 14.0. The Morgan fingerprint density at radius 1 is 0.818 bits per heavy atom. The molecule has 0 spiro atoms. The van der Waals surface area contributed by atoms with Crippen molar-refractivity contribution in [2.24, 2.45) is 4.99 Å². The molecule has 0 fully saturated rings. The van der Waals surface area contributed by atoms with Crippen LogP contribution < -0.4 is 4.74 Å². The quantitative estimate of drug-likeness (QED) is 0.672. The Morgan fingerprint density at radius 2 is 1.45 bits per heavy atom. The smallest absolute Gasteiger partial charge is 0.144 e. The molecule has 0 radical (unpaired) electrons. The van der Waals surface area contributed by atoms with Crippen molar-refractivity contribution in [3.63, 3.8) is 0 Å². The molecule has 3 rings (SSSR count). The van der Waals surface area contributed by atoms with Crippen LogP contribution in [-0.4, -0.2) is 17.8 Å². The highest BCUT2D eigenvalue weighted by molar-refractivity contribution is 6.14. The summed E-state index contributed by atoms with van der Waals surface area (Å²) >= 11 is 0. The molecule has 1 heterocycles. The van der Waals surface area contributed by atoms with Crippen LogP contribution in [0.5, 0.6) is 5.75 Å². The molecule has 22 heavy (non-hydrogen) atoms. The summed E-state index contributed by atoms with van der Waals surface area (Å²) in [4.78, 5) is 8.92. The Hall–Kier alpha value is -2.94. The fraction of sp³-hybridized carbons (Fsp3) is 0.0526. The summed E-state index contributed by atoms with van der Waals surface area (Å²) in [6.07, 6.45) is 3.55. The normalized spacial score (nSPS) is 11.2. The van der Waals surface area contributed by atoms with Gasteiger partial charge in [0.05, 0.1) is 12.8 Å². The van der Waals surface area contributed by atoms with Crippen LogP contribution in [-0.2, 0) is 0 Å². The van der Waals surface area contributed by atoms with E-state index in [0.717, 1.165) is 28.3 Å². The number of aliphatic imine (C=N–C) groups is 1. The average Bonchev–Trinajstić information content (AvgIpc) is 2.61. The molecule has 0 atom stereocenters. The predicted molar refractivity (Wildman–Crippen MR) is 89.0 cm³/mol. The summed E-state index contributed by atoms with van der Waals surface area (Å²) in [7, 11) is 1.66. The number of nitrogens with zero attached hydrogens (tertiary/aromatic N) is 2. The zero-order valence-electron chi connectivity index (χ0n) is 12.3. The van der Waals surface area contributed by atoms with Crippen molar-refractivity contribution in [1.82, 2.24) is 4.98 Å². The Labute approximate surface area is 130 Å². The van der Waals surface area contributed by atoms with E-state index < -0.39 is 0 Å². The summed E-state index contributed by atoms with van der Waals surface area (Å²) in [5.41, 5.74) is 3.78. The van der Waals surface area contributed by atoms with Gasteiger partial charge < -0.3 is 4.74 Å². The van der Waals surface area contributed by atoms with Crippen LogP contribution in [0.4, 0.5) is 5.69 Å². The molecule has 3 heteroatoms. The zero-order valence-corrected chi connectivity index (χ0v) is 12.3. The van der Waals surface area contributed by atoms with Gasteiger partial charge in [-0.2, -0.15) is 0 Å². The van der Waals surface area contributed by atoms with Crippen LogP contribution in [0.1, 0.15) is 11.1 Å². The van der Waals surface area contributed by atoms with E-state index in [1.54, 1.807) is 19.5 Å². The summed E-state index contributed by atoms with van der Waals surface area (Å²) < 4.78 is 5.40. The third-order valence-corrected chi connectivity index (χ3v) is 3.32. The number of hydrogen-bond donors (Lipinski definition) is 0. The second kappa shape index (κ2) is 6.68. The van der Waals surface area contributed by atoms with Gasteiger partial charge in [-0.1, -0.05) is 42.5 Å². The summed E-state index contributed by atoms with van der Waals surface area (Å²) in [5.74, 6) is 0.755. The van der Waals surface area contributed by atoms with Crippen molar-refractivity contribution in [2.45, 2.75) is 0 Å². The second-order valence-corrected chi connectivity index (χ2v) is 4.73. The minimum atomic E-state index is 0.755. The molecular formula is C19H16N2O. The minimum absolute atomic E-state index is 0.755. The van der Waals surface area contributed by atoms with E-state index in [2.05, 4.69) is 17.1 Å². The van der Waals surface area contributed by atoms with Gasteiger partial charge in [0.25, 0.3) is 0 Å². The van der Waals surface area contributed by atoms with Crippen molar-refractivity contribution >= 4 is 11.4 Å². The largest absolute Gasteiger partial charge is 0.494 e. The molecule has 0 bridgehead atoms. The number of pyridine rings is 1. The van der Waals surface area contributed by atoms with Crippen molar-refractivity contribution in [1.29, 1.82) is 0 Å². The van der Waals surface area contributed by atoms with Crippen LogP contribution >= 0.6 is 0 Å². The fourth-order valence-corrected chi connectivity index (χ4v) is 2.24. The lowest BCUT2D eigenvalue weighted by molar-refractivity contribution is 0.416. The van der Waals surface area contributed by atoms with E-state index in [4.69, 9.17) is 9.73 Å². The van der Waals surface area contributed by atoms with Gasteiger partial charge in [-0.3, -0.25) is 4.98 Å². The first-order chi connectivity index (χ1) is 10.9. The standard InChI is InChI=1S/C19H16N2O/c1-22-18-10-6-5-9-17(18)21-19(15-7-3-2-4-8-15)16-11-13-20-14-12-16/h2-14H,1H3. The molecule has 0 amide bonds. The second-order valence-electron chi connectivity index (χ2n) is 4.73. The Morgan fingerprint density at radius 3 is 2.18 bits per heavy atom. The topological polar surface area (TPSA) is 34.5 Å². The number of ether oxygens (including phenoxy) is 1. The fourth-order valence-electron chi connectivity index (χ4n) is 2.24. The zero-order chi connectivity index (χ0) is 15.2. The summed E-state index contributed by atoms with van der Waals surface area (Å²) in [6, 6.07) is 21.8. The first-order valence-corrected chi connectivity index (χ1v) is 7.06. The molecule has 3 aromatic rings. The van der Waals surface area contributed by atoms with Gasteiger partial charge in [-0.25, -0.2) is 4.99 Å². The third kappa shape index (κ3) is 3.04. The van der Waals surface area contributed by atoms with Crippen LogP contribution in [0, 0.1) is 0 Å². The molecule has 0 saturated carbocycles. The highest BCUT2D eigenvalue weighted by Crippen LogP contribution is 2.28. The molecule has 0 aliphatic rings. The van der Waals surface area contributed by atoms with Gasteiger partial charge in [0.1, 0.15) is 11.4 Å². The molecular weight excluding hydrogens is 272 g/mol. The lowest BCUT2D eigenvalue weighted by atomic mass is 10.0. The van der Waals surface area contributed by atoms with Crippen LogP contribution in [0.15, 0.2) is 84.1 Å². The highest BCUT2D eigenvalue weighted by atomic mass is 16.5. The Balaban J connectivity index is 2.16. The van der Waals surface area contributed by atoms with Gasteiger partial charge in [0.2, 0.25) is 0 Å². The monoisotopic (exact) mass is 288 g/mol. The lowest BCUT2D eigenvalue weighted by Crippen LogP contribution is -2.03. The summed E-state index contributed by atoms with van der Waals surface area (Å²) in [6.45, 7) is 0. The van der Waals surface area contributed by atoms with Gasteiger partial charge >= 0.3 is 0 Å². The Kier molecular flexibility index (Phi) is 4.25. The minimum Gasteiger partial charge on any atom is -0.494 e. The molecule has 0 aliphatic heterocycles. The van der Waals surface area contributed by atoms with E-state index in [0.29, 0.717) is 0 Å². The van der Waals surface area contributed by atoms with Crippen molar-refractivity contribution in [2.75, 3.05) is 7.11 Å². The first-order valence-electron chi connectivity index (χ1n) is 7.06. The molecule has 2 aromatic carbocycles. The van der Waals surface area contributed by atoms with Crippen molar-refractivity contribution in [3.05, 3.63) is 90.3 Å². The number of benzene rings is 2. The third-order valence-electron chi connectivity index (χ3n) is 3.32. The molecule has 0 aliphatic carbocycles. The van der Waals surface area contributed by atoms with Gasteiger partial charge in [0, 0.05) is 23.5 Å². The van der Waals surface area contributed by atoms with Crippen LogP contribution in [0.3, 0.4) is 0 Å². The van der Waals surface area contributed by atoms with E-state index >= 15 is 0 Å². The van der Waals surface area contributed by atoms with Gasteiger partial charge in [0.15, 0.2) is 0 Å². The molecule has 3 nitrogen and oxygen atoms in total. The summed E-state index contributed by atoms with van der Waals surface area (Å²) in [5, 5.41) is 0. The molecule has 1 aromatic heterocycles. The number of methoxy groups -OCH3 is 1. The van der Waals surface area contributed by atoms with Gasteiger partial charge in [-0.05, 0) is 24.3 Å². The molecule has 0 saturated heterocycles. The average molecular weight is 288 g/mol. The van der Waals surface area contributed by atoms with Gasteiger partial charge in [-0.15, -0.1) is 0 Å². The van der Waals surface area contributed by atoms with Crippen LogP contribution in [0.25, 0.3) is 0 Å². The molecule has 108 valence electrons. The van der Waals surface area contributed by atoms with Crippen molar-refractivity contribution in [3.8, 4) is 5.75 Å². The number of para-hydroxylation sites is 2. The van der Waals surface area contributed by atoms with E-state index in [9.17, 15) is 0 Å². The number of aromatic nitrogens is 1. The maximum Gasteiger partial charge on any atom is 0.144 e. The maximum absolute atomic E-state index is 5.40. The van der Waals surface area contributed by atoms with E-state index in [-0.39, 0.29) is 0 Å². The van der Waals surface area contributed by atoms with Crippen LogP contribution in [0.2, 0.25) is 0 Å². The molecule has 0 unspecified atom stereocenters. The Bertz CT molecular complexity index is 726. The molecule has 0 N–H and O–H groups in total. The number of hydrogen-bond acceptors (Lipinski definition) is 3. The van der Waals surface area contributed by atoms with E-state index in [1.165, 1.54) is 0 Å². The maximum atomic E-state index is 5.40. The predicted octanol–water partition coefficient (Wildman–Crippen LogP) is 4.26. The highest BCUT2D eigenvalue weighted by Gasteiger charge is 2.08. The van der Waals surface area contributed by atoms with Crippen molar-refractivity contribution < 1.29 is 4.74 Å². The lowest BCUT2D eigenvalue weighted by Gasteiger charge is -2.09. The SMILES string of the molecule is COc1ccccc1N=C(c1ccccc1)c1ccncc1.